The van der Waals surface area contributed by atoms with Crippen LogP contribution in [0.25, 0.3) is 11.5 Å². The van der Waals surface area contributed by atoms with Gasteiger partial charge < -0.3 is 5.32 Å². The highest BCUT2D eigenvalue weighted by molar-refractivity contribution is 5.57. The smallest absolute Gasteiger partial charge is 0.180 e. The Kier molecular flexibility index (Phi) is 5.39. The van der Waals surface area contributed by atoms with E-state index >= 15 is 0 Å². The van der Waals surface area contributed by atoms with Crippen LogP contribution < -0.4 is 5.32 Å². The van der Waals surface area contributed by atoms with E-state index < -0.39 is 0 Å². The molecule has 1 aliphatic heterocycles. The van der Waals surface area contributed by atoms with E-state index in [1.807, 2.05) is 36.4 Å². The maximum atomic E-state index is 13.2. The summed E-state index contributed by atoms with van der Waals surface area (Å²) >= 11 is 0. The third-order valence-electron chi connectivity index (χ3n) is 4.77. The summed E-state index contributed by atoms with van der Waals surface area (Å²) in [4.78, 5) is 16.2. The molecule has 0 unspecified atom stereocenters. The first-order valence-corrected chi connectivity index (χ1v) is 9.35. The van der Waals surface area contributed by atoms with Crippen LogP contribution in [0.5, 0.6) is 0 Å². The Morgan fingerprint density at radius 1 is 1.14 bits per heavy atom. The third kappa shape index (κ3) is 4.07. The molecule has 0 bridgehead atoms. The number of hydrogen-bond acceptors (Lipinski definition) is 5. The summed E-state index contributed by atoms with van der Waals surface area (Å²) in [5.74, 6) is 1.26. The normalized spacial score (nSPS) is 13.8. The number of benzene rings is 1. The average Bonchev–Trinajstić information content (AvgIpc) is 2.74. The van der Waals surface area contributed by atoms with Crippen molar-refractivity contribution in [1.29, 1.82) is 0 Å². The van der Waals surface area contributed by atoms with Gasteiger partial charge in [-0.1, -0.05) is 24.3 Å². The van der Waals surface area contributed by atoms with Gasteiger partial charge in [-0.3, -0.25) is 9.88 Å². The quantitative estimate of drug-likeness (QED) is 0.664. The molecule has 5 nitrogen and oxygen atoms in total. The molecule has 0 amide bonds. The molecule has 0 spiro atoms. The van der Waals surface area contributed by atoms with Crippen LogP contribution in [0.15, 0.2) is 61.3 Å². The first-order valence-electron chi connectivity index (χ1n) is 9.35. The topological polar surface area (TPSA) is 53.9 Å². The second-order valence-corrected chi connectivity index (χ2v) is 6.79. The van der Waals surface area contributed by atoms with Crippen LogP contribution in [0.4, 0.5) is 10.2 Å². The predicted octanol–water partition coefficient (Wildman–Crippen LogP) is 3.83. The van der Waals surface area contributed by atoms with Gasteiger partial charge in [0.05, 0.1) is 5.69 Å². The third-order valence-corrected chi connectivity index (χ3v) is 4.77. The van der Waals surface area contributed by atoms with Crippen molar-refractivity contribution in [3.05, 3.63) is 84.0 Å². The molecule has 3 aromatic rings. The van der Waals surface area contributed by atoms with E-state index in [0.717, 1.165) is 54.4 Å². The van der Waals surface area contributed by atoms with Crippen LogP contribution in [0.2, 0.25) is 0 Å². The van der Waals surface area contributed by atoms with Crippen LogP contribution in [-0.2, 0) is 19.5 Å². The van der Waals surface area contributed by atoms with Gasteiger partial charge in [-0.2, -0.15) is 0 Å². The molecule has 3 heterocycles. The van der Waals surface area contributed by atoms with E-state index in [4.69, 9.17) is 9.97 Å². The molecule has 0 saturated carbocycles. The number of anilines is 1. The predicted molar refractivity (Wildman–Crippen MR) is 108 cm³/mol. The van der Waals surface area contributed by atoms with Crippen molar-refractivity contribution in [3.8, 4) is 11.5 Å². The fraction of sp³-hybridized carbons (Fsp3) is 0.227. The number of pyridine rings is 1. The zero-order valence-corrected chi connectivity index (χ0v) is 15.6. The summed E-state index contributed by atoms with van der Waals surface area (Å²) in [5, 5.41) is 3.35. The minimum absolute atomic E-state index is 0.209. The van der Waals surface area contributed by atoms with Crippen molar-refractivity contribution in [3.63, 3.8) is 0 Å². The molecule has 0 saturated heterocycles. The lowest BCUT2D eigenvalue weighted by molar-refractivity contribution is 0.243. The maximum Gasteiger partial charge on any atom is 0.180 e. The van der Waals surface area contributed by atoms with E-state index in [-0.39, 0.29) is 5.82 Å². The number of hydrogen-bond donors (Lipinski definition) is 1. The van der Waals surface area contributed by atoms with Crippen molar-refractivity contribution < 1.29 is 4.39 Å². The van der Waals surface area contributed by atoms with Crippen molar-refractivity contribution >= 4 is 5.82 Å². The lowest BCUT2D eigenvalue weighted by Crippen LogP contribution is -2.32. The van der Waals surface area contributed by atoms with Crippen LogP contribution >= 0.6 is 0 Å². The van der Waals surface area contributed by atoms with Gasteiger partial charge in [0.15, 0.2) is 5.82 Å². The number of aromatic nitrogens is 3. The average molecular weight is 375 g/mol. The van der Waals surface area contributed by atoms with Gasteiger partial charge in [-0.05, 0) is 29.8 Å². The van der Waals surface area contributed by atoms with E-state index in [9.17, 15) is 4.39 Å². The van der Waals surface area contributed by atoms with E-state index in [1.54, 1.807) is 6.20 Å². The summed E-state index contributed by atoms with van der Waals surface area (Å²) in [6.07, 6.45) is 4.40. The molecule has 28 heavy (non-hydrogen) atoms. The second kappa shape index (κ2) is 8.27. The lowest BCUT2D eigenvalue weighted by Gasteiger charge is -2.29. The zero-order valence-electron chi connectivity index (χ0n) is 15.6. The van der Waals surface area contributed by atoms with Crippen molar-refractivity contribution in [2.75, 3.05) is 18.4 Å². The van der Waals surface area contributed by atoms with Crippen molar-refractivity contribution in [2.24, 2.45) is 0 Å². The molecule has 0 aliphatic carbocycles. The van der Waals surface area contributed by atoms with Gasteiger partial charge in [0.2, 0.25) is 0 Å². The Morgan fingerprint density at radius 3 is 2.75 bits per heavy atom. The Balaban J connectivity index is 1.62. The number of halogens is 1. The van der Waals surface area contributed by atoms with Gasteiger partial charge in [0.25, 0.3) is 0 Å². The summed E-state index contributed by atoms with van der Waals surface area (Å²) in [6.45, 7) is 6.82. The zero-order chi connectivity index (χ0) is 19.3. The Morgan fingerprint density at radius 2 is 2.00 bits per heavy atom. The summed E-state index contributed by atoms with van der Waals surface area (Å²) in [7, 11) is 0. The Bertz CT molecular complexity index is 957. The SMILES string of the molecule is C=CCNc1nc(-c2ccccn2)nc2c1CN(Cc1ccc(F)cc1)CC2. The molecular formula is C22H22FN5. The molecule has 1 aliphatic rings. The number of fused-ring (bicyclic) bond motifs is 1. The van der Waals surface area contributed by atoms with Gasteiger partial charge in [-0.25, -0.2) is 14.4 Å². The molecule has 4 rings (SSSR count). The Labute approximate surface area is 164 Å². The van der Waals surface area contributed by atoms with Crippen LogP contribution in [-0.4, -0.2) is 32.9 Å². The van der Waals surface area contributed by atoms with Gasteiger partial charge in [-0.15, -0.1) is 6.58 Å². The molecular weight excluding hydrogens is 353 g/mol. The number of nitrogens with one attached hydrogen (secondary N) is 1. The maximum absolute atomic E-state index is 13.2. The fourth-order valence-corrected chi connectivity index (χ4v) is 3.38. The Hall–Kier alpha value is -3.12. The highest BCUT2D eigenvalue weighted by Crippen LogP contribution is 2.27. The van der Waals surface area contributed by atoms with E-state index in [1.165, 1.54) is 12.1 Å². The summed E-state index contributed by atoms with van der Waals surface area (Å²) < 4.78 is 13.2. The van der Waals surface area contributed by atoms with Crippen molar-refractivity contribution in [2.45, 2.75) is 19.5 Å². The fourth-order valence-electron chi connectivity index (χ4n) is 3.38. The van der Waals surface area contributed by atoms with Crippen LogP contribution in [0, 0.1) is 5.82 Å². The molecule has 0 radical (unpaired) electrons. The molecule has 142 valence electrons. The van der Waals surface area contributed by atoms with Crippen LogP contribution in [0.3, 0.4) is 0 Å². The van der Waals surface area contributed by atoms with Gasteiger partial charge >= 0.3 is 0 Å². The first-order chi connectivity index (χ1) is 13.7. The largest absolute Gasteiger partial charge is 0.366 e. The summed E-state index contributed by atoms with van der Waals surface area (Å²) in [5.41, 5.74) is 4.02. The standard InChI is InChI=1S/C22H22FN5/c1-2-11-25-21-18-15-28(14-16-6-8-17(23)9-7-16)13-10-19(18)26-22(27-21)20-5-3-4-12-24-20/h2-9,12H,1,10-11,13-15H2,(H,25,26,27). The number of rotatable bonds is 6. The molecule has 0 atom stereocenters. The van der Waals surface area contributed by atoms with Crippen molar-refractivity contribution in [1.82, 2.24) is 19.9 Å². The van der Waals surface area contributed by atoms with E-state index in [0.29, 0.717) is 12.4 Å². The molecule has 2 aromatic heterocycles. The number of nitrogens with zero attached hydrogens (tertiary/aromatic N) is 4. The molecule has 1 aromatic carbocycles. The second-order valence-electron chi connectivity index (χ2n) is 6.79. The minimum atomic E-state index is -0.209. The highest BCUT2D eigenvalue weighted by atomic mass is 19.1. The molecule has 1 N–H and O–H groups in total. The molecule has 0 fully saturated rings. The lowest BCUT2D eigenvalue weighted by atomic mass is 10.0. The van der Waals surface area contributed by atoms with Gasteiger partial charge in [0, 0.05) is 44.4 Å². The minimum Gasteiger partial charge on any atom is -0.366 e. The van der Waals surface area contributed by atoms with Gasteiger partial charge in [0.1, 0.15) is 17.3 Å². The van der Waals surface area contributed by atoms with Crippen LogP contribution in [0.1, 0.15) is 16.8 Å². The monoisotopic (exact) mass is 375 g/mol. The highest BCUT2D eigenvalue weighted by Gasteiger charge is 2.23. The molecule has 6 heteroatoms. The summed E-state index contributed by atoms with van der Waals surface area (Å²) in [6, 6.07) is 12.4. The first kappa shape index (κ1) is 18.3. The van der Waals surface area contributed by atoms with E-state index in [2.05, 4.69) is 21.8 Å².